The fourth-order valence-electron chi connectivity index (χ4n) is 3.61. The normalized spacial score (nSPS) is 21.3. The van der Waals surface area contributed by atoms with Crippen LogP contribution in [0, 0.1) is 6.92 Å². The zero-order valence-electron chi connectivity index (χ0n) is 15.1. The number of sulfonamides is 1. The first-order valence-corrected chi connectivity index (χ1v) is 11.0. The van der Waals surface area contributed by atoms with E-state index >= 15 is 0 Å². The first-order chi connectivity index (χ1) is 12.9. The largest absolute Gasteiger partial charge is 0.457 e. The second-order valence-electron chi connectivity index (χ2n) is 7.00. The summed E-state index contributed by atoms with van der Waals surface area (Å²) in [7, 11) is -3.34. The molecule has 2 aromatic carbocycles. The lowest BCUT2D eigenvalue weighted by atomic mass is 9.89. The lowest BCUT2D eigenvalue weighted by molar-refractivity contribution is 0.366. The summed E-state index contributed by atoms with van der Waals surface area (Å²) < 4.78 is 33.9. The highest BCUT2D eigenvalue weighted by molar-refractivity contribution is 7.90. The molecule has 1 fully saturated rings. The molecular weight excluding hydrogens is 384 g/mol. The van der Waals surface area contributed by atoms with Crippen molar-refractivity contribution in [3.05, 3.63) is 58.6 Å². The van der Waals surface area contributed by atoms with Crippen LogP contribution in [0.4, 0.5) is 0 Å². The van der Waals surface area contributed by atoms with Gasteiger partial charge in [0.15, 0.2) is 0 Å². The van der Waals surface area contributed by atoms with Gasteiger partial charge in [0, 0.05) is 24.0 Å². The number of rotatable bonds is 3. The monoisotopic (exact) mass is 404 g/mol. The van der Waals surface area contributed by atoms with Crippen LogP contribution in [0.15, 0.2) is 46.9 Å². The molecule has 142 valence electrons. The summed E-state index contributed by atoms with van der Waals surface area (Å²) in [5, 5.41) is 0.631. The van der Waals surface area contributed by atoms with E-state index in [9.17, 15) is 8.42 Å². The summed E-state index contributed by atoms with van der Waals surface area (Å²) in [6.07, 6.45) is 1.93. The van der Waals surface area contributed by atoms with Crippen LogP contribution in [-0.2, 0) is 10.0 Å². The third-order valence-corrected chi connectivity index (χ3v) is 6.47. The van der Waals surface area contributed by atoms with Crippen molar-refractivity contribution in [2.75, 3.05) is 18.8 Å². The van der Waals surface area contributed by atoms with E-state index in [1.54, 1.807) is 6.07 Å². The highest BCUT2D eigenvalue weighted by atomic mass is 35.5. The van der Waals surface area contributed by atoms with Crippen LogP contribution in [0.2, 0.25) is 5.02 Å². The van der Waals surface area contributed by atoms with Gasteiger partial charge in [0.1, 0.15) is 17.3 Å². The fraction of sp³-hybridized carbons (Fsp3) is 0.350. The Labute approximate surface area is 164 Å². The number of halogens is 1. The summed E-state index contributed by atoms with van der Waals surface area (Å²) in [6.45, 7) is 3.38. The molecule has 2 aliphatic rings. The first-order valence-electron chi connectivity index (χ1n) is 9.03. The molecule has 7 heteroatoms. The molecule has 0 N–H and O–H groups in total. The zero-order chi connectivity index (χ0) is 19.0. The van der Waals surface area contributed by atoms with Gasteiger partial charge in [-0.2, -0.15) is 0 Å². The second kappa shape index (κ2) is 7.17. The van der Waals surface area contributed by atoms with E-state index in [1.165, 1.54) is 0 Å². The van der Waals surface area contributed by atoms with E-state index in [4.69, 9.17) is 16.3 Å². The molecule has 0 saturated carbocycles. The molecule has 2 aliphatic heterocycles. The number of hydrogen-bond donors (Lipinski definition) is 0. The van der Waals surface area contributed by atoms with Crippen molar-refractivity contribution >= 4 is 27.5 Å². The molecule has 0 aromatic heterocycles. The average molecular weight is 405 g/mol. The minimum Gasteiger partial charge on any atom is -0.457 e. The lowest BCUT2D eigenvalue weighted by Gasteiger charge is -2.37. The van der Waals surface area contributed by atoms with E-state index in [-0.39, 0.29) is 11.7 Å². The topological polar surface area (TPSA) is 59.0 Å². The molecule has 0 radical (unpaired) electrons. The summed E-state index contributed by atoms with van der Waals surface area (Å²) in [6, 6.07) is 13.4. The molecule has 27 heavy (non-hydrogen) atoms. The van der Waals surface area contributed by atoms with E-state index in [0.29, 0.717) is 17.4 Å². The Hall–Kier alpha value is -2.05. The lowest BCUT2D eigenvalue weighted by Crippen LogP contribution is -2.46. The van der Waals surface area contributed by atoms with Crippen molar-refractivity contribution in [2.24, 2.45) is 4.40 Å². The molecule has 1 atom stereocenters. The van der Waals surface area contributed by atoms with Crippen molar-refractivity contribution < 1.29 is 13.2 Å². The highest BCUT2D eigenvalue weighted by Crippen LogP contribution is 2.33. The Balaban J connectivity index is 1.58. The minimum atomic E-state index is -3.34. The summed E-state index contributed by atoms with van der Waals surface area (Å²) >= 11 is 6.05. The third-order valence-electron chi connectivity index (χ3n) is 5.07. The van der Waals surface area contributed by atoms with E-state index in [0.717, 1.165) is 42.0 Å². The molecule has 2 heterocycles. The van der Waals surface area contributed by atoms with Gasteiger partial charge in [-0.1, -0.05) is 29.8 Å². The van der Waals surface area contributed by atoms with Crippen molar-refractivity contribution in [1.29, 1.82) is 0 Å². The smallest absolute Gasteiger partial charge is 0.256 e. The molecular formula is C20H21ClN2O3S. The maximum atomic E-state index is 12.0. The number of piperidine rings is 1. The van der Waals surface area contributed by atoms with Gasteiger partial charge < -0.3 is 9.64 Å². The first kappa shape index (κ1) is 18.3. The van der Waals surface area contributed by atoms with Gasteiger partial charge in [-0.05, 0) is 55.2 Å². The molecule has 0 amide bonds. The van der Waals surface area contributed by atoms with Gasteiger partial charge in [0.25, 0.3) is 10.0 Å². The van der Waals surface area contributed by atoms with Crippen LogP contribution in [0.3, 0.4) is 0 Å². The van der Waals surface area contributed by atoms with Crippen LogP contribution in [0.5, 0.6) is 11.5 Å². The standard InChI is InChI=1S/C20H21ClN2O3S/c1-14-4-7-16(21)13-19(14)26-17-8-5-15(6-9-17)18-3-2-10-23-11-12-27(24,25)22-20(18)23/h4-9,13,18H,2-3,10-12H2,1H3. The van der Waals surface area contributed by atoms with E-state index < -0.39 is 10.0 Å². The van der Waals surface area contributed by atoms with Crippen LogP contribution >= 0.6 is 11.6 Å². The van der Waals surface area contributed by atoms with Gasteiger partial charge in [-0.15, -0.1) is 4.40 Å². The number of amidine groups is 1. The number of ether oxygens (including phenoxy) is 1. The van der Waals surface area contributed by atoms with Crippen LogP contribution in [0.25, 0.3) is 0 Å². The fourth-order valence-corrected chi connectivity index (χ4v) is 4.84. The average Bonchev–Trinajstić information content (AvgIpc) is 2.64. The van der Waals surface area contributed by atoms with Gasteiger partial charge in [-0.25, -0.2) is 8.42 Å². The Kier molecular flexibility index (Phi) is 4.86. The molecule has 5 nitrogen and oxygen atoms in total. The van der Waals surface area contributed by atoms with Crippen LogP contribution < -0.4 is 4.74 Å². The van der Waals surface area contributed by atoms with Gasteiger partial charge in [0.05, 0.1) is 5.75 Å². The number of hydrogen-bond acceptors (Lipinski definition) is 4. The van der Waals surface area contributed by atoms with Crippen molar-refractivity contribution in [3.63, 3.8) is 0 Å². The maximum absolute atomic E-state index is 12.0. The molecule has 0 aliphatic carbocycles. The number of aryl methyl sites for hydroxylation is 1. The Morgan fingerprint density at radius 3 is 2.70 bits per heavy atom. The van der Waals surface area contributed by atoms with Crippen molar-refractivity contribution in [2.45, 2.75) is 25.7 Å². The van der Waals surface area contributed by atoms with Crippen molar-refractivity contribution in [1.82, 2.24) is 4.90 Å². The molecule has 1 unspecified atom stereocenters. The van der Waals surface area contributed by atoms with E-state index in [1.807, 2.05) is 43.3 Å². The summed E-state index contributed by atoms with van der Waals surface area (Å²) in [5.74, 6) is 2.24. The van der Waals surface area contributed by atoms with Gasteiger partial charge in [0.2, 0.25) is 0 Å². The molecule has 0 spiro atoms. The second-order valence-corrected chi connectivity index (χ2v) is 9.19. The Morgan fingerprint density at radius 2 is 1.93 bits per heavy atom. The highest BCUT2D eigenvalue weighted by Gasteiger charge is 2.33. The number of nitrogens with zero attached hydrogens (tertiary/aromatic N) is 2. The quantitative estimate of drug-likeness (QED) is 0.762. The summed E-state index contributed by atoms with van der Waals surface area (Å²) in [4.78, 5) is 2.11. The van der Waals surface area contributed by atoms with E-state index in [2.05, 4.69) is 9.30 Å². The number of fused-ring (bicyclic) bond motifs is 1. The molecule has 2 aromatic rings. The maximum Gasteiger partial charge on any atom is 0.256 e. The predicted octanol–water partition coefficient (Wildman–Crippen LogP) is 4.36. The SMILES string of the molecule is Cc1ccc(Cl)cc1Oc1ccc(C2CCCN3CCS(=O)(=O)N=C23)cc1. The van der Waals surface area contributed by atoms with Crippen molar-refractivity contribution in [3.8, 4) is 11.5 Å². The summed E-state index contributed by atoms with van der Waals surface area (Å²) in [5.41, 5.74) is 2.07. The van der Waals surface area contributed by atoms with Gasteiger partial charge in [-0.3, -0.25) is 0 Å². The minimum absolute atomic E-state index is 0.00998. The third kappa shape index (κ3) is 3.96. The molecule has 0 bridgehead atoms. The van der Waals surface area contributed by atoms with Crippen LogP contribution in [0.1, 0.15) is 29.9 Å². The molecule has 1 saturated heterocycles. The zero-order valence-corrected chi connectivity index (χ0v) is 16.6. The van der Waals surface area contributed by atoms with Gasteiger partial charge >= 0.3 is 0 Å². The number of benzene rings is 2. The predicted molar refractivity (Wildman–Crippen MR) is 107 cm³/mol. The molecule has 4 rings (SSSR count). The van der Waals surface area contributed by atoms with Crippen LogP contribution in [-0.4, -0.2) is 38.0 Å². The Morgan fingerprint density at radius 1 is 1.15 bits per heavy atom. The Bertz CT molecular complexity index is 987.